The molecule has 7 aromatic rings. The highest BCUT2D eigenvalue weighted by atomic mass is 14.9. The Labute approximate surface area is 282 Å². The molecular formula is C46H36N2. The molecule has 2 heteroatoms. The van der Waals surface area contributed by atoms with Gasteiger partial charge >= 0.3 is 0 Å². The van der Waals surface area contributed by atoms with E-state index in [-0.39, 0.29) is 5.41 Å². The van der Waals surface area contributed by atoms with Crippen molar-refractivity contribution in [2.45, 2.75) is 37.5 Å². The summed E-state index contributed by atoms with van der Waals surface area (Å²) in [5.41, 5.74) is 16.0. The Bertz CT molecular complexity index is 2230. The van der Waals surface area contributed by atoms with Crippen LogP contribution in [-0.2, 0) is 5.41 Å². The van der Waals surface area contributed by atoms with Gasteiger partial charge in [0.1, 0.15) is 0 Å². The minimum absolute atomic E-state index is 0.157. The number of rotatable bonds is 5. The van der Waals surface area contributed by atoms with Gasteiger partial charge in [0.05, 0.1) is 11.4 Å². The van der Waals surface area contributed by atoms with Crippen LogP contribution in [-0.4, -0.2) is 9.97 Å². The molecule has 230 valence electrons. The molecule has 0 amide bonds. The van der Waals surface area contributed by atoms with Crippen LogP contribution < -0.4 is 0 Å². The SMILES string of the molecule is c1ccc(-c2ccc(-c3cc(-c4ccc(-c5cccc6c5-c5ccccc5C65CCCCC5)cc4)nc(-c4ccccc4)n3)cc2)cc1. The first kappa shape index (κ1) is 28.6. The summed E-state index contributed by atoms with van der Waals surface area (Å²) in [5.74, 6) is 0.731. The first-order valence-corrected chi connectivity index (χ1v) is 17.2. The lowest BCUT2D eigenvalue weighted by atomic mass is 9.68. The molecule has 1 aromatic heterocycles. The zero-order chi connectivity index (χ0) is 31.9. The van der Waals surface area contributed by atoms with Crippen LogP contribution in [0.15, 0.2) is 158 Å². The number of hydrogen-bond acceptors (Lipinski definition) is 2. The molecule has 2 aliphatic rings. The topological polar surface area (TPSA) is 25.8 Å². The summed E-state index contributed by atoms with van der Waals surface area (Å²) in [7, 11) is 0. The largest absolute Gasteiger partial charge is 0.228 e. The highest BCUT2D eigenvalue weighted by Crippen LogP contribution is 2.57. The second kappa shape index (κ2) is 11.9. The number of aromatic nitrogens is 2. The molecule has 1 heterocycles. The van der Waals surface area contributed by atoms with Gasteiger partial charge in [0.2, 0.25) is 0 Å². The van der Waals surface area contributed by atoms with Crippen LogP contribution in [0.3, 0.4) is 0 Å². The first-order chi connectivity index (χ1) is 23.8. The van der Waals surface area contributed by atoms with Crippen LogP contribution in [0.2, 0.25) is 0 Å². The standard InChI is InChI=1S/C46H36N2/c1-4-13-32(14-5-1)33-21-25-35(26-22-33)42-31-43(48-45(47-42)37-15-6-2-7-16-37)36-27-23-34(24-28-36)38-18-12-20-41-44(38)39-17-8-9-19-40(39)46(41)29-10-3-11-30-46/h1-2,4-9,12-28,31H,3,10-11,29-30H2. The van der Waals surface area contributed by atoms with Crippen molar-refractivity contribution in [1.82, 2.24) is 9.97 Å². The maximum Gasteiger partial charge on any atom is 0.160 e. The number of benzene rings is 6. The molecule has 48 heavy (non-hydrogen) atoms. The Morgan fingerprint density at radius 3 is 1.54 bits per heavy atom. The average molecular weight is 617 g/mol. The summed E-state index contributed by atoms with van der Waals surface area (Å²) >= 11 is 0. The highest BCUT2D eigenvalue weighted by Gasteiger charge is 2.44. The van der Waals surface area contributed by atoms with Crippen molar-refractivity contribution in [1.29, 1.82) is 0 Å². The second-order valence-electron chi connectivity index (χ2n) is 13.3. The third-order valence-corrected chi connectivity index (χ3v) is 10.5. The van der Waals surface area contributed by atoms with E-state index in [0.29, 0.717) is 0 Å². The van der Waals surface area contributed by atoms with Gasteiger partial charge in [-0.05, 0) is 63.4 Å². The Balaban J connectivity index is 1.11. The number of hydrogen-bond donors (Lipinski definition) is 0. The maximum absolute atomic E-state index is 5.10. The van der Waals surface area contributed by atoms with Gasteiger partial charge in [0.25, 0.3) is 0 Å². The van der Waals surface area contributed by atoms with Gasteiger partial charge in [0, 0.05) is 22.1 Å². The molecule has 0 bridgehead atoms. The maximum atomic E-state index is 5.10. The van der Waals surface area contributed by atoms with Crippen molar-refractivity contribution in [3.05, 3.63) is 169 Å². The second-order valence-corrected chi connectivity index (χ2v) is 13.3. The van der Waals surface area contributed by atoms with Gasteiger partial charge < -0.3 is 0 Å². The van der Waals surface area contributed by atoms with Crippen molar-refractivity contribution in [2.24, 2.45) is 0 Å². The molecule has 0 saturated heterocycles. The zero-order valence-electron chi connectivity index (χ0n) is 26.9. The van der Waals surface area contributed by atoms with Crippen molar-refractivity contribution < 1.29 is 0 Å². The molecule has 0 atom stereocenters. The monoisotopic (exact) mass is 616 g/mol. The quantitative estimate of drug-likeness (QED) is 0.192. The lowest BCUT2D eigenvalue weighted by Gasteiger charge is -2.36. The van der Waals surface area contributed by atoms with Gasteiger partial charge in [-0.25, -0.2) is 9.97 Å². The molecule has 0 aliphatic heterocycles. The molecule has 0 unspecified atom stereocenters. The third kappa shape index (κ3) is 4.88. The Morgan fingerprint density at radius 2 is 0.875 bits per heavy atom. The van der Waals surface area contributed by atoms with E-state index in [1.165, 1.54) is 76.6 Å². The van der Waals surface area contributed by atoms with E-state index < -0.39 is 0 Å². The van der Waals surface area contributed by atoms with E-state index >= 15 is 0 Å². The van der Waals surface area contributed by atoms with Crippen molar-refractivity contribution in [3.8, 4) is 67.3 Å². The molecule has 2 aliphatic carbocycles. The Hall–Kier alpha value is -5.60. The molecule has 1 spiro atoms. The van der Waals surface area contributed by atoms with E-state index in [1.54, 1.807) is 0 Å². The highest BCUT2D eigenvalue weighted by molar-refractivity contribution is 5.93. The minimum Gasteiger partial charge on any atom is -0.228 e. The molecule has 1 fully saturated rings. The van der Waals surface area contributed by atoms with Gasteiger partial charge in [0.15, 0.2) is 5.82 Å². The Kier molecular flexibility index (Phi) is 7.08. The predicted octanol–water partition coefficient (Wildman–Crippen LogP) is 12.0. The molecule has 9 rings (SSSR count). The van der Waals surface area contributed by atoms with Crippen molar-refractivity contribution in [3.63, 3.8) is 0 Å². The van der Waals surface area contributed by atoms with Crippen LogP contribution in [0.25, 0.3) is 67.3 Å². The van der Waals surface area contributed by atoms with Gasteiger partial charge in [-0.15, -0.1) is 0 Å². The van der Waals surface area contributed by atoms with Crippen LogP contribution in [0.5, 0.6) is 0 Å². The molecule has 1 saturated carbocycles. The third-order valence-electron chi connectivity index (χ3n) is 10.5. The summed E-state index contributed by atoms with van der Waals surface area (Å²) in [6.45, 7) is 0. The van der Waals surface area contributed by atoms with Gasteiger partial charge in [-0.2, -0.15) is 0 Å². The number of fused-ring (bicyclic) bond motifs is 5. The summed E-state index contributed by atoms with van der Waals surface area (Å²) < 4.78 is 0. The summed E-state index contributed by atoms with van der Waals surface area (Å²) in [6.07, 6.45) is 6.43. The van der Waals surface area contributed by atoms with E-state index in [2.05, 4.69) is 140 Å². The van der Waals surface area contributed by atoms with E-state index in [1.807, 2.05) is 18.2 Å². The Morgan fingerprint density at radius 1 is 0.375 bits per heavy atom. The fraction of sp³-hybridized carbons (Fsp3) is 0.130. The van der Waals surface area contributed by atoms with E-state index in [4.69, 9.17) is 9.97 Å². The number of nitrogens with zero attached hydrogens (tertiary/aromatic N) is 2. The lowest BCUT2D eigenvalue weighted by Crippen LogP contribution is -2.27. The average Bonchev–Trinajstić information content (AvgIpc) is 3.44. The zero-order valence-corrected chi connectivity index (χ0v) is 26.9. The molecule has 6 aromatic carbocycles. The van der Waals surface area contributed by atoms with Crippen LogP contribution >= 0.6 is 0 Å². The normalized spacial score (nSPS) is 14.4. The smallest absolute Gasteiger partial charge is 0.160 e. The van der Waals surface area contributed by atoms with Gasteiger partial charge in [-0.3, -0.25) is 0 Å². The summed E-state index contributed by atoms with van der Waals surface area (Å²) in [5, 5.41) is 0. The molecule has 2 nitrogen and oxygen atoms in total. The van der Waals surface area contributed by atoms with Crippen LogP contribution in [0, 0.1) is 0 Å². The van der Waals surface area contributed by atoms with E-state index in [0.717, 1.165) is 33.9 Å². The molecule has 0 radical (unpaired) electrons. The fourth-order valence-electron chi connectivity index (χ4n) is 8.18. The lowest BCUT2D eigenvalue weighted by molar-refractivity contribution is 0.353. The van der Waals surface area contributed by atoms with Gasteiger partial charge in [-0.1, -0.05) is 171 Å². The fourth-order valence-corrected chi connectivity index (χ4v) is 8.18. The van der Waals surface area contributed by atoms with Crippen molar-refractivity contribution in [2.75, 3.05) is 0 Å². The summed E-state index contributed by atoms with van der Waals surface area (Å²) in [6, 6.07) is 56.7. The van der Waals surface area contributed by atoms with E-state index in [9.17, 15) is 0 Å². The molecule has 0 N–H and O–H groups in total. The van der Waals surface area contributed by atoms with Crippen molar-refractivity contribution >= 4 is 0 Å². The van der Waals surface area contributed by atoms with Crippen LogP contribution in [0.4, 0.5) is 0 Å². The molecular weight excluding hydrogens is 581 g/mol. The van der Waals surface area contributed by atoms with Crippen LogP contribution in [0.1, 0.15) is 43.2 Å². The predicted molar refractivity (Wildman–Crippen MR) is 199 cm³/mol. The first-order valence-electron chi connectivity index (χ1n) is 17.2. The minimum atomic E-state index is 0.157. The summed E-state index contributed by atoms with van der Waals surface area (Å²) in [4.78, 5) is 10.2.